The van der Waals surface area contributed by atoms with Gasteiger partial charge in [0.15, 0.2) is 11.4 Å². The number of benzene rings is 1. The first-order valence-corrected chi connectivity index (χ1v) is 10.0. The third-order valence-corrected chi connectivity index (χ3v) is 5.15. The summed E-state index contributed by atoms with van der Waals surface area (Å²) in [4.78, 5) is 0. The summed E-state index contributed by atoms with van der Waals surface area (Å²) < 4.78 is 2.35. The van der Waals surface area contributed by atoms with Crippen LogP contribution in [0, 0.1) is 25.7 Å². The molecule has 1 atom stereocenters. The van der Waals surface area contributed by atoms with Gasteiger partial charge in [-0.3, -0.25) is 0 Å². The summed E-state index contributed by atoms with van der Waals surface area (Å²) in [7, 11) is 0. The highest BCUT2D eigenvalue weighted by Crippen LogP contribution is 2.18. The summed E-state index contributed by atoms with van der Waals surface area (Å²) in [6.07, 6.45) is 8.01. The van der Waals surface area contributed by atoms with E-state index in [0.29, 0.717) is 0 Å². The van der Waals surface area contributed by atoms with E-state index < -0.39 is 0 Å². The Morgan fingerprint density at radius 3 is 2.00 bits per heavy atom. The maximum Gasteiger partial charge on any atom is 0.211 e. The number of nitrogens with zero attached hydrogens (tertiary/aromatic N) is 1. The molecule has 0 amide bonds. The minimum atomic E-state index is 0.846. The number of aryl methyl sites for hydroxylation is 3. The Hall–Kier alpha value is -1.63. The molecule has 1 nitrogen and oxygen atoms in total. The number of hydrogen-bond donors (Lipinski definition) is 0. The molecule has 0 saturated carbocycles. The fourth-order valence-electron chi connectivity index (χ4n) is 3.79. The number of para-hydroxylation sites is 1. The van der Waals surface area contributed by atoms with Crippen LogP contribution in [0.1, 0.15) is 69.8 Å². The highest BCUT2D eigenvalue weighted by molar-refractivity contribution is 5.25. The molecule has 1 aromatic carbocycles. The summed E-state index contributed by atoms with van der Waals surface area (Å²) in [6.45, 7) is 11.5. The van der Waals surface area contributed by atoms with Crippen LogP contribution < -0.4 is 4.57 Å². The van der Waals surface area contributed by atoms with Crippen molar-refractivity contribution in [2.75, 3.05) is 0 Å². The van der Waals surface area contributed by atoms with Gasteiger partial charge in [-0.15, -0.1) is 0 Å². The molecule has 0 aliphatic heterocycles. The van der Waals surface area contributed by atoms with Gasteiger partial charge in [-0.2, -0.15) is 4.57 Å². The number of pyridine rings is 1. The van der Waals surface area contributed by atoms with Gasteiger partial charge in [0.2, 0.25) is 5.69 Å². The minimum Gasteiger partial charge on any atom is -0.162 e. The van der Waals surface area contributed by atoms with Crippen molar-refractivity contribution in [3.05, 3.63) is 59.4 Å². The van der Waals surface area contributed by atoms with Crippen LogP contribution in [0.15, 0.2) is 42.5 Å². The molecule has 1 aromatic heterocycles. The van der Waals surface area contributed by atoms with Crippen LogP contribution in [-0.4, -0.2) is 0 Å². The fourth-order valence-corrected chi connectivity index (χ4v) is 3.79. The standard InChI is InChI=1S/C24H36N/c1-19(2)11-9-12-20(3)13-10-14-23-17-21(4)25(22(5)18-23)24-15-7-6-8-16-24/h6-8,15-20H,9-14H2,1-5H3/q+1. The van der Waals surface area contributed by atoms with E-state index in [1.54, 1.807) is 0 Å². The maximum absolute atomic E-state index is 2.42. The number of rotatable bonds is 9. The third-order valence-electron chi connectivity index (χ3n) is 5.15. The second kappa shape index (κ2) is 9.75. The Kier molecular flexibility index (Phi) is 7.68. The van der Waals surface area contributed by atoms with Crippen molar-refractivity contribution in [3.63, 3.8) is 0 Å². The SMILES string of the molecule is Cc1cc(CCCC(C)CCCC(C)C)cc(C)[n+]1-c1ccccc1. The molecule has 0 bridgehead atoms. The van der Waals surface area contributed by atoms with Gasteiger partial charge >= 0.3 is 0 Å². The number of hydrogen-bond acceptors (Lipinski definition) is 0. The zero-order valence-corrected chi connectivity index (χ0v) is 16.9. The Morgan fingerprint density at radius 1 is 0.800 bits per heavy atom. The topological polar surface area (TPSA) is 3.88 Å². The summed E-state index contributed by atoms with van der Waals surface area (Å²) in [5, 5.41) is 0. The molecule has 25 heavy (non-hydrogen) atoms. The minimum absolute atomic E-state index is 0.846. The van der Waals surface area contributed by atoms with Gasteiger partial charge in [0, 0.05) is 38.1 Å². The van der Waals surface area contributed by atoms with Crippen LogP contribution in [0.4, 0.5) is 0 Å². The van der Waals surface area contributed by atoms with Gasteiger partial charge in [0.05, 0.1) is 0 Å². The lowest BCUT2D eigenvalue weighted by Gasteiger charge is -2.12. The van der Waals surface area contributed by atoms with E-state index in [0.717, 1.165) is 11.8 Å². The predicted octanol–water partition coefficient (Wildman–Crippen LogP) is 6.37. The molecular weight excluding hydrogens is 302 g/mol. The lowest BCUT2D eigenvalue weighted by molar-refractivity contribution is -0.609. The van der Waals surface area contributed by atoms with E-state index in [-0.39, 0.29) is 0 Å². The van der Waals surface area contributed by atoms with Crippen LogP contribution in [0.2, 0.25) is 0 Å². The summed E-state index contributed by atoms with van der Waals surface area (Å²) >= 11 is 0. The molecule has 1 heteroatoms. The average Bonchev–Trinajstić information content (AvgIpc) is 2.55. The quantitative estimate of drug-likeness (QED) is 0.468. The lowest BCUT2D eigenvalue weighted by Crippen LogP contribution is -2.37. The van der Waals surface area contributed by atoms with Crippen LogP contribution >= 0.6 is 0 Å². The molecule has 2 aromatic rings. The van der Waals surface area contributed by atoms with Crippen LogP contribution in [0.3, 0.4) is 0 Å². The molecule has 0 saturated heterocycles. The lowest BCUT2D eigenvalue weighted by atomic mass is 9.94. The summed E-state index contributed by atoms with van der Waals surface area (Å²) in [6, 6.07) is 15.4. The molecule has 0 fully saturated rings. The van der Waals surface area contributed by atoms with E-state index in [1.807, 2.05) is 0 Å². The molecule has 1 unspecified atom stereocenters. The van der Waals surface area contributed by atoms with E-state index in [9.17, 15) is 0 Å². The highest BCUT2D eigenvalue weighted by atomic mass is 15.0. The van der Waals surface area contributed by atoms with Crippen molar-refractivity contribution in [3.8, 4) is 5.69 Å². The average molecular weight is 339 g/mol. The predicted molar refractivity (Wildman–Crippen MR) is 108 cm³/mol. The van der Waals surface area contributed by atoms with Gasteiger partial charge in [0.1, 0.15) is 0 Å². The Labute approximate surface area is 155 Å². The van der Waals surface area contributed by atoms with Gasteiger partial charge in [-0.05, 0) is 30.2 Å². The molecule has 2 rings (SSSR count). The first-order chi connectivity index (χ1) is 12.0. The first kappa shape index (κ1) is 19.7. The fraction of sp³-hybridized carbons (Fsp3) is 0.542. The number of aromatic nitrogens is 1. The molecule has 0 N–H and O–H groups in total. The second-order valence-electron chi connectivity index (χ2n) is 8.14. The zero-order valence-electron chi connectivity index (χ0n) is 16.9. The van der Waals surface area contributed by atoms with Gasteiger partial charge in [-0.1, -0.05) is 64.7 Å². The van der Waals surface area contributed by atoms with E-state index in [4.69, 9.17) is 0 Å². The molecule has 0 spiro atoms. The van der Waals surface area contributed by atoms with Gasteiger partial charge in [-0.25, -0.2) is 0 Å². The van der Waals surface area contributed by atoms with E-state index in [2.05, 4.69) is 81.7 Å². The van der Waals surface area contributed by atoms with Crippen molar-refractivity contribution in [1.29, 1.82) is 0 Å². The summed E-state index contributed by atoms with van der Waals surface area (Å²) in [5.41, 5.74) is 5.39. The van der Waals surface area contributed by atoms with E-state index >= 15 is 0 Å². The molecule has 136 valence electrons. The smallest absolute Gasteiger partial charge is 0.162 e. The summed E-state index contributed by atoms with van der Waals surface area (Å²) in [5.74, 6) is 1.71. The molecule has 0 radical (unpaired) electrons. The Bertz CT molecular complexity index is 619. The van der Waals surface area contributed by atoms with E-state index in [1.165, 1.54) is 61.2 Å². The van der Waals surface area contributed by atoms with Crippen molar-refractivity contribution in [2.24, 2.45) is 11.8 Å². The van der Waals surface area contributed by atoms with Crippen molar-refractivity contribution in [2.45, 2.75) is 73.1 Å². The third kappa shape index (κ3) is 6.30. The monoisotopic (exact) mass is 338 g/mol. The van der Waals surface area contributed by atoms with Crippen molar-refractivity contribution < 1.29 is 4.57 Å². The Balaban J connectivity index is 1.89. The second-order valence-corrected chi connectivity index (χ2v) is 8.14. The van der Waals surface area contributed by atoms with Crippen LogP contribution in [-0.2, 0) is 6.42 Å². The largest absolute Gasteiger partial charge is 0.211 e. The first-order valence-electron chi connectivity index (χ1n) is 10.0. The molecule has 0 aliphatic rings. The zero-order chi connectivity index (χ0) is 18.2. The van der Waals surface area contributed by atoms with Crippen LogP contribution in [0.5, 0.6) is 0 Å². The van der Waals surface area contributed by atoms with Crippen LogP contribution in [0.25, 0.3) is 5.69 Å². The highest BCUT2D eigenvalue weighted by Gasteiger charge is 2.15. The normalized spacial score (nSPS) is 12.6. The molecule has 0 aliphatic carbocycles. The van der Waals surface area contributed by atoms with Crippen molar-refractivity contribution in [1.82, 2.24) is 0 Å². The van der Waals surface area contributed by atoms with Crippen molar-refractivity contribution >= 4 is 0 Å². The van der Waals surface area contributed by atoms with Gasteiger partial charge in [0.25, 0.3) is 0 Å². The van der Waals surface area contributed by atoms with Gasteiger partial charge < -0.3 is 0 Å². The molecule has 1 heterocycles. The maximum atomic E-state index is 2.42. The Morgan fingerprint density at radius 2 is 1.40 bits per heavy atom. The molecular formula is C24H36N+.